The lowest BCUT2D eigenvalue weighted by Crippen LogP contribution is -2.49. The van der Waals surface area contributed by atoms with Crippen LogP contribution in [-0.2, 0) is 12.7 Å². The number of rotatable bonds is 5. The highest BCUT2D eigenvalue weighted by Gasteiger charge is 2.31. The number of anilines is 2. The first kappa shape index (κ1) is 23.6. The number of carbonyl (C=O) groups excluding carboxylic acids is 2. The molecule has 0 aromatic heterocycles. The fraction of sp³-hybridized carbons (Fsp3) is 0.200. The molecule has 0 unspecified atom stereocenters. The average molecular weight is 488 g/mol. The van der Waals surface area contributed by atoms with Crippen molar-refractivity contribution in [3.8, 4) is 0 Å². The fourth-order valence-corrected chi connectivity index (χ4v) is 4.00. The second kappa shape index (κ2) is 9.77. The molecule has 3 aromatic carbocycles. The monoisotopic (exact) mass is 487 g/mol. The quantitative estimate of drug-likeness (QED) is 0.450. The molecular weight excluding hydrogens is 467 g/mol. The summed E-state index contributed by atoms with van der Waals surface area (Å²) in [4.78, 5) is 29.3. The second-order valence-corrected chi connectivity index (χ2v) is 8.25. The Labute approximate surface area is 199 Å². The van der Waals surface area contributed by atoms with E-state index in [9.17, 15) is 22.8 Å². The first-order valence-electron chi connectivity index (χ1n) is 10.6. The van der Waals surface area contributed by atoms with Crippen molar-refractivity contribution in [3.05, 3.63) is 94.5 Å². The lowest BCUT2D eigenvalue weighted by Gasteiger charge is -2.36. The number of para-hydroxylation sites is 2. The maximum atomic E-state index is 13.3. The van der Waals surface area contributed by atoms with E-state index in [4.69, 9.17) is 11.6 Å². The summed E-state index contributed by atoms with van der Waals surface area (Å²) >= 11 is 6.26. The number of urea groups is 1. The predicted octanol–water partition coefficient (Wildman–Crippen LogP) is 6.44. The molecule has 1 aliphatic rings. The maximum Gasteiger partial charge on any atom is 0.416 e. The molecule has 0 atom stereocenters. The summed E-state index contributed by atoms with van der Waals surface area (Å²) in [5.74, 6) is -0.571. The van der Waals surface area contributed by atoms with Gasteiger partial charge in [0.1, 0.15) is 0 Å². The number of benzene rings is 3. The van der Waals surface area contributed by atoms with Crippen LogP contribution in [0.2, 0.25) is 5.02 Å². The van der Waals surface area contributed by atoms with Gasteiger partial charge in [0.2, 0.25) is 0 Å². The SMILES string of the molecule is O=C(Nc1ccccc1N1CCCN(Cc2ccccc2Cl)C1=O)c1ccc(C(F)(F)F)cc1. The molecule has 1 aliphatic heterocycles. The lowest BCUT2D eigenvalue weighted by molar-refractivity contribution is -0.137. The van der Waals surface area contributed by atoms with Crippen molar-refractivity contribution in [2.24, 2.45) is 0 Å². The van der Waals surface area contributed by atoms with E-state index in [1.165, 1.54) is 0 Å². The van der Waals surface area contributed by atoms with E-state index in [1.54, 1.807) is 40.1 Å². The number of nitrogens with zero attached hydrogens (tertiary/aromatic N) is 2. The molecule has 1 heterocycles. The lowest BCUT2D eigenvalue weighted by atomic mass is 10.1. The van der Waals surface area contributed by atoms with Crippen LogP contribution in [0.25, 0.3) is 0 Å². The number of hydrogen-bond acceptors (Lipinski definition) is 2. The number of alkyl halides is 3. The van der Waals surface area contributed by atoms with Gasteiger partial charge in [-0.2, -0.15) is 13.2 Å². The molecule has 1 N–H and O–H groups in total. The third kappa shape index (κ3) is 5.17. The minimum Gasteiger partial charge on any atom is -0.320 e. The van der Waals surface area contributed by atoms with Crippen molar-refractivity contribution >= 4 is 34.9 Å². The molecular formula is C25H21ClF3N3O2. The Bertz CT molecular complexity index is 1200. The zero-order valence-corrected chi connectivity index (χ0v) is 18.7. The summed E-state index contributed by atoms with van der Waals surface area (Å²) in [5.41, 5.74) is 0.982. The van der Waals surface area contributed by atoms with E-state index in [-0.39, 0.29) is 11.6 Å². The summed E-state index contributed by atoms with van der Waals surface area (Å²) in [6.07, 6.45) is -3.76. The van der Waals surface area contributed by atoms with Gasteiger partial charge in [0, 0.05) is 30.2 Å². The summed E-state index contributed by atoms with van der Waals surface area (Å²) in [5, 5.41) is 3.30. The molecule has 1 saturated heterocycles. The van der Waals surface area contributed by atoms with Gasteiger partial charge >= 0.3 is 12.2 Å². The Kier molecular flexibility index (Phi) is 6.79. The van der Waals surface area contributed by atoms with E-state index < -0.39 is 17.6 Å². The molecule has 3 amide bonds. The van der Waals surface area contributed by atoms with Gasteiger partial charge in [-0.25, -0.2) is 4.79 Å². The summed E-state index contributed by atoms with van der Waals surface area (Å²) in [7, 11) is 0. The summed E-state index contributed by atoms with van der Waals surface area (Å²) < 4.78 is 38.4. The molecule has 176 valence electrons. The molecule has 0 bridgehead atoms. The van der Waals surface area contributed by atoms with Crippen LogP contribution in [0.3, 0.4) is 0 Å². The molecule has 5 nitrogen and oxygen atoms in total. The van der Waals surface area contributed by atoms with Crippen LogP contribution in [0.1, 0.15) is 27.9 Å². The average Bonchev–Trinajstić information content (AvgIpc) is 2.82. The van der Waals surface area contributed by atoms with E-state index in [2.05, 4.69) is 5.32 Å². The number of carbonyl (C=O) groups is 2. The Morgan fingerprint density at radius 3 is 2.32 bits per heavy atom. The van der Waals surface area contributed by atoms with Crippen molar-refractivity contribution in [3.63, 3.8) is 0 Å². The molecule has 9 heteroatoms. The zero-order valence-electron chi connectivity index (χ0n) is 18.0. The van der Waals surface area contributed by atoms with Gasteiger partial charge < -0.3 is 10.2 Å². The van der Waals surface area contributed by atoms with Gasteiger partial charge in [0.25, 0.3) is 5.91 Å². The molecule has 34 heavy (non-hydrogen) atoms. The van der Waals surface area contributed by atoms with Gasteiger partial charge in [-0.05, 0) is 54.4 Å². The normalized spacial score (nSPS) is 14.3. The number of halogens is 4. The van der Waals surface area contributed by atoms with Crippen LogP contribution in [0, 0.1) is 0 Å². The maximum absolute atomic E-state index is 13.3. The van der Waals surface area contributed by atoms with Crippen molar-refractivity contribution in [1.29, 1.82) is 0 Å². The largest absolute Gasteiger partial charge is 0.416 e. The second-order valence-electron chi connectivity index (χ2n) is 7.85. The van der Waals surface area contributed by atoms with Crippen molar-refractivity contribution in [2.75, 3.05) is 23.3 Å². The van der Waals surface area contributed by atoms with Crippen LogP contribution >= 0.6 is 11.6 Å². The Morgan fingerprint density at radius 2 is 1.62 bits per heavy atom. The molecule has 0 radical (unpaired) electrons. The highest BCUT2D eigenvalue weighted by atomic mass is 35.5. The molecule has 0 aliphatic carbocycles. The van der Waals surface area contributed by atoms with E-state index in [0.717, 1.165) is 36.2 Å². The first-order chi connectivity index (χ1) is 16.2. The molecule has 1 fully saturated rings. The Balaban J connectivity index is 1.53. The van der Waals surface area contributed by atoms with E-state index in [0.29, 0.717) is 36.0 Å². The third-order valence-corrected chi connectivity index (χ3v) is 5.92. The summed E-state index contributed by atoms with van der Waals surface area (Å²) in [6.45, 7) is 1.39. The number of amides is 3. The Morgan fingerprint density at radius 1 is 0.941 bits per heavy atom. The smallest absolute Gasteiger partial charge is 0.320 e. The van der Waals surface area contributed by atoms with Gasteiger partial charge in [-0.1, -0.05) is 41.9 Å². The molecule has 3 aromatic rings. The van der Waals surface area contributed by atoms with Crippen LogP contribution in [-0.4, -0.2) is 29.9 Å². The van der Waals surface area contributed by atoms with Crippen LogP contribution in [0.4, 0.5) is 29.3 Å². The first-order valence-corrected chi connectivity index (χ1v) is 11.0. The predicted molar refractivity (Wildman–Crippen MR) is 125 cm³/mol. The number of hydrogen-bond donors (Lipinski definition) is 1. The highest BCUT2D eigenvalue weighted by Crippen LogP contribution is 2.31. The third-order valence-electron chi connectivity index (χ3n) is 5.55. The van der Waals surface area contributed by atoms with Crippen LogP contribution < -0.4 is 10.2 Å². The molecule has 0 saturated carbocycles. The van der Waals surface area contributed by atoms with E-state index >= 15 is 0 Å². The standard InChI is InChI=1S/C25H21ClF3N3O2/c26-20-7-2-1-6-18(20)16-31-14-5-15-32(24(31)34)22-9-4-3-8-21(22)30-23(33)17-10-12-19(13-11-17)25(27,28)29/h1-4,6-13H,5,14-16H2,(H,30,33). The minimum atomic E-state index is -4.48. The fourth-order valence-electron chi connectivity index (χ4n) is 3.80. The van der Waals surface area contributed by atoms with Crippen LogP contribution in [0.15, 0.2) is 72.8 Å². The molecule has 0 spiro atoms. The molecule has 4 rings (SSSR count). The van der Waals surface area contributed by atoms with E-state index in [1.807, 2.05) is 18.2 Å². The zero-order chi connectivity index (χ0) is 24.3. The topological polar surface area (TPSA) is 52.7 Å². The van der Waals surface area contributed by atoms with Gasteiger partial charge in [-0.15, -0.1) is 0 Å². The highest BCUT2D eigenvalue weighted by molar-refractivity contribution is 6.31. The van der Waals surface area contributed by atoms with Crippen molar-refractivity contribution < 1.29 is 22.8 Å². The van der Waals surface area contributed by atoms with Crippen LogP contribution in [0.5, 0.6) is 0 Å². The van der Waals surface area contributed by atoms with Crippen molar-refractivity contribution in [1.82, 2.24) is 4.90 Å². The Hall–Kier alpha value is -3.52. The van der Waals surface area contributed by atoms with Gasteiger partial charge in [0.15, 0.2) is 0 Å². The minimum absolute atomic E-state index is 0.0770. The van der Waals surface area contributed by atoms with Gasteiger partial charge in [-0.3, -0.25) is 9.69 Å². The number of nitrogens with one attached hydrogen (secondary N) is 1. The van der Waals surface area contributed by atoms with Gasteiger partial charge in [0.05, 0.1) is 16.9 Å². The summed E-state index contributed by atoms with van der Waals surface area (Å²) in [6, 6.07) is 17.9. The van der Waals surface area contributed by atoms with Crippen molar-refractivity contribution in [2.45, 2.75) is 19.1 Å².